The van der Waals surface area contributed by atoms with Gasteiger partial charge < -0.3 is 10.1 Å². The van der Waals surface area contributed by atoms with Gasteiger partial charge in [-0.15, -0.1) is 0 Å². The van der Waals surface area contributed by atoms with Gasteiger partial charge in [0.15, 0.2) is 0 Å². The Labute approximate surface area is 153 Å². The Morgan fingerprint density at radius 1 is 1.19 bits per heavy atom. The largest absolute Gasteiger partial charge is 0.496 e. The van der Waals surface area contributed by atoms with Crippen molar-refractivity contribution < 1.29 is 9.13 Å². The van der Waals surface area contributed by atoms with E-state index in [1.165, 1.54) is 6.07 Å². The molecule has 0 spiro atoms. The van der Waals surface area contributed by atoms with Crippen molar-refractivity contribution >= 4 is 54.5 Å². The third kappa shape index (κ3) is 3.78. The first-order chi connectivity index (χ1) is 9.97. The van der Waals surface area contributed by atoms with Crippen LogP contribution in [0.5, 0.6) is 5.75 Å². The molecule has 0 aliphatic heterocycles. The number of halogens is 4. The molecule has 6 heteroatoms. The van der Waals surface area contributed by atoms with Crippen LogP contribution in [0.4, 0.5) is 4.39 Å². The van der Waals surface area contributed by atoms with Gasteiger partial charge in [0.05, 0.1) is 17.6 Å². The van der Waals surface area contributed by atoms with Crippen molar-refractivity contribution in [1.29, 1.82) is 0 Å². The van der Waals surface area contributed by atoms with E-state index < -0.39 is 0 Å². The lowest BCUT2D eigenvalue weighted by Gasteiger charge is -2.22. The van der Waals surface area contributed by atoms with Gasteiger partial charge in [-0.3, -0.25) is 0 Å². The van der Waals surface area contributed by atoms with Crippen LogP contribution in [0.2, 0.25) is 0 Å². The van der Waals surface area contributed by atoms with E-state index in [4.69, 9.17) is 4.74 Å². The van der Waals surface area contributed by atoms with Gasteiger partial charge in [0.1, 0.15) is 11.6 Å². The van der Waals surface area contributed by atoms with Gasteiger partial charge in [-0.1, -0.05) is 15.9 Å². The number of nitrogens with one attached hydrogen (secondary N) is 1. The molecule has 0 aromatic heterocycles. The van der Waals surface area contributed by atoms with Crippen LogP contribution in [-0.2, 0) is 0 Å². The lowest BCUT2D eigenvalue weighted by atomic mass is 9.98. The minimum atomic E-state index is -0.339. The highest BCUT2D eigenvalue weighted by Crippen LogP contribution is 2.36. The summed E-state index contributed by atoms with van der Waals surface area (Å²) in [6, 6.07) is 9.15. The van der Waals surface area contributed by atoms with Crippen LogP contribution in [0.15, 0.2) is 39.3 Å². The monoisotopic (exact) mass is 527 g/mol. The first kappa shape index (κ1) is 17.2. The summed E-state index contributed by atoms with van der Waals surface area (Å²) in [6.07, 6.45) is 0. The number of hydrogen-bond donors (Lipinski definition) is 1. The molecule has 0 heterocycles. The quantitative estimate of drug-likeness (QED) is 0.546. The SMILES string of the molecule is CNC(c1cc(Br)ccc1I)c1cc(Br)c(F)cc1OC. The van der Waals surface area contributed by atoms with Crippen molar-refractivity contribution in [2.24, 2.45) is 0 Å². The zero-order valence-electron chi connectivity index (χ0n) is 11.4. The highest BCUT2D eigenvalue weighted by atomic mass is 127. The van der Waals surface area contributed by atoms with Crippen LogP contribution in [-0.4, -0.2) is 14.2 Å². The molecule has 0 amide bonds. The number of benzene rings is 2. The first-order valence-corrected chi connectivity index (χ1v) is 8.79. The molecule has 0 saturated heterocycles. The first-order valence-electron chi connectivity index (χ1n) is 6.13. The van der Waals surface area contributed by atoms with Gasteiger partial charge in [-0.25, -0.2) is 4.39 Å². The molecule has 2 aromatic carbocycles. The summed E-state index contributed by atoms with van der Waals surface area (Å²) < 4.78 is 21.6. The molecular weight excluding hydrogens is 516 g/mol. The lowest BCUT2D eigenvalue weighted by molar-refractivity contribution is 0.401. The predicted octanol–water partition coefficient (Wildman–Crippen LogP) is 5.27. The van der Waals surface area contributed by atoms with Crippen molar-refractivity contribution in [2.75, 3.05) is 14.2 Å². The van der Waals surface area contributed by atoms with Crippen LogP contribution < -0.4 is 10.1 Å². The van der Waals surface area contributed by atoms with Crippen LogP contribution in [0.1, 0.15) is 17.2 Å². The number of methoxy groups -OCH3 is 1. The zero-order chi connectivity index (χ0) is 15.6. The van der Waals surface area contributed by atoms with Crippen molar-refractivity contribution in [3.8, 4) is 5.75 Å². The molecule has 2 rings (SSSR count). The molecule has 2 nitrogen and oxygen atoms in total. The fourth-order valence-electron chi connectivity index (χ4n) is 2.16. The Bertz CT molecular complexity index is 666. The minimum absolute atomic E-state index is 0.0961. The molecular formula is C15H13Br2FINO. The van der Waals surface area contributed by atoms with E-state index in [2.05, 4.69) is 65.8 Å². The zero-order valence-corrected chi connectivity index (χ0v) is 16.7. The molecule has 0 saturated carbocycles. The lowest BCUT2D eigenvalue weighted by Crippen LogP contribution is -2.19. The van der Waals surface area contributed by atoms with Gasteiger partial charge in [0.25, 0.3) is 0 Å². The van der Waals surface area contributed by atoms with E-state index in [9.17, 15) is 4.39 Å². The Hall–Kier alpha value is -0.180. The summed E-state index contributed by atoms with van der Waals surface area (Å²) in [6.45, 7) is 0. The third-order valence-electron chi connectivity index (χ3n) is 3.14. The van der Waals surface area contributed by atoms with Gasteiger partial charge in [0, 0.05) is 19.7 Å². The summed E-state index contributed by atoms with van der Waals surface area (Å²) >= 11 is 9.03. The minimum Gasteiger partial charge on any atom is -0.496 e. The Balaban J connectivity index is 2.61. The van der Waals surface area contributed by atoms with E-state index >= 15 is 0 Å². The Kier molecular flexibility index (Phi) is 6.05. The molecule has 1 N–H and O–H groups in total. The Morgan fingerprint density at radius 3 is 2.52 bits per heavy atom. The molecule has 0 radical (unpaired) electrons. The second-order valence-electron chi connectivity index (χ2n) is 4.40. The van der Waals surface area contributed by atoms with Gasteiger partial charge in [-0.05, 0) is 75.4 Å². The molecule has 21 heavy (non-hydrogen) atoms. The fraction of sp³-hybridized carbons (Fsp3) is 0.200. The van der Waals surface area contributed by atoms with E-state index in [0.29, 0.717) is 10.2 Å². The van der Waals surface area contributed by atoms with Crippen LogP contribution in [0, 0.1) is 9.39 Å². The third-order valence-corrected chi connectivity index (χ3v) is 5.22. The van der Waals surface area contributed by atoms with Crippen LogP contribution in [0.25, 0.3) is 0 Å². The van der Waals surface area contributed by atoms with Crippen LogP contribution in [0.3, 0.4) is 0 Å². The highest BCUT2D eigenvalue weighted by Gasteiger charge is 2.21. The van der Waals surface area contributed by atoms with Gasteiger partial charge in [0.2, 0.25) is 0 Å². The van der Waals surface area contributed by atoms with Gasteiger partial charge in [-0.2, -0.15) is 0 Å². The number of rotatable bonds is 4. The molecule has 0 aliphatic carbocycles. The summed E-state index contributed by atoms with van der Waals surface area (Å²) in [7, 11) is 3.42. The summed E-state index contributed by atoms with van der Waals surface area (Å²) in [4.78, 5) is 0. The molecule has 1 atom stereocenters. The second kappa shape index (κ2) is 7.39. The maximum atomic E-state index is 13.7. The maximum absolute atomic E-state index is 13.7. The average molecular weight is 529 g/mol. The molecule has 0 fully saturated rings. The van der Waals surface area contributed by atoms with E-state index in [1.54, 1.807) is 13.2 Å². The number of ether oxygens (including phenoxy) is 1. The standard InChI is InChI=1S/C15H13Br2FINO/c1-20-15(9-5-8(16)3-4-13(9)19)10-6-11(17)12(18)7-14(10)21-2/h3-7,15,20H,1-2H3. The molecule has 2 aromatic rings. The van der Waals surface area contributed by atoms with Crippen molar-refractivity contribution in [3.05, 3.63) is 59.8 Å². The van der Waals surface area contributed by atoms with Crippen LogP contribution >= 0.6 is 54.5 Å². The fourth-order valence-corrected chi connectivity index (χ4v) is 3.55. The normalized spacial score (nSPS) is 12.3. The smallest absolute Gasteiger partial charge is 0.141 e. The summed E-state index contributed by atoms with van der Waals surface area (Å²) in [5, 5.41) is 3.28. The van der Waals surface area contributed by atoms with E-state index in [0.717, 1.165) is 19.2 Å². The summed E-state index contributed by atoms with van der Waals surface area (Å²) in [5.41, 5.74) is 1.98. The van der Waals surface area contributed by atoms with Crippen molar-refractivity contribution in [3.63, 3.8) is 0 Å². The molecule has 0 bridgehead atoms. The van der Waals surface area contributed by atoms with E-state index in [1.807, 2.05) is 19.2 Å². The Morgan fingerprint density at radius 2 is 1.90 bits per heavy atom. The molecule has 112 valence electrons. The van der Waals surface area contributed by atoms with Crippen molar-refractivity contribution in [2.45, 2.75) is 6.04 Å². The topological polar surface area (TPSA) is 21.3 Å². The van der Waals surface area contributed by atoms with E-state index in [-0.39, 0.29) is 11.9 Å². The highest BCUT2D eigenvalue weighted by molar-refractivity contribution is 14.1. The van der Waals surface area contributed by atoms with Gasteiger partial charge >= 0.3 is 0 Å². The molecule has 1 unspecified atom stereocenters. The molecule has 0 aliphatic rings. The average Bonchev–Trinajstić information content (AvgIpc) is 2.46. The number of hydrogen-bond acceptors (Lipinski definition) is 2. The van der Waals surface area contributed by atoms with Crippen molar-refractivity contribution in [1.82, 2.24) is 5.32 Å². The summed E-state index contributed by atoms with van der Waals surface area (Å²) in [5.74, 6) is 0.181. The maximum Gasteiger partial charge on any atom is 0.141 e. The second-order valence-corrected chi connectivity index (χ2v) is 7.33. The predicted molar refractivity (Wildman–Crippen MR) is 98.4 cm³/mol.